The Morgan fingerprint density at radius 1 is 1.44 bits per heavy atom. The minimum Gasteiger partial charge on any atom is -0.347 e. The summed E-state index contributed by atoms with van der Waals surface area (Å²) in [5.41, 5.74) is 3.74. The quantitative estimate of drug-likeness (QED) is 0.812. The molecule has 16 heavy (non-hydrogen) atoms. The molecule has 0 aromatic carbocycles. The summed E-state index contributed by atoms with van der Waals surface area (Å²) in [7, 11) is 0. The van der Waals surface area contributed by atoms with Gasteiger partial charge in [0.15, 0.2) is 0 Å². The van der Waals surface area contributed by atoms with Gasteiger partial charge in [-0.05, 0) is 20.8 Å². The first-order valence-corrected chi connectivity index (χ1v) is 5.63. The second-order valence-electron chi connectivity index (χ2n) is 3.71. The van der Waals surface area contributed by atoms with Crippen LogP contribution in [0.5, 0.6) is 0 Å². The molecule has 0 atom stereocenters. The first-order valence-electron chi connectivity index (χ1n) is 5.22. The fourth-order valence-corrected chi connectivity index (χ4v) is 1.79. The minimum atomic E-state index is 0.666. The lowest BCUT2D eigenvalue weighted by molar-refractivity contribution is 0.660. The van der Waals surface area contributed by atoms with E-state index in [1.54, 1.807) is 6.20 Å². The summed E-state index contributed by atoms with van der Waals surface area (Å²) < 4.78 is 2.53. The van der Waals surface area contributed by atoms with Crippen LogP contribution in [-0.4, -0.2) is 19.7 Å². The number of nitrogens with one attached hydrogen (secondary N) is 1. The van der Waals surface area contributed by atoms with Gasteiger partial charge in [0.05, 0.1) is 11.9 Å². The van der Waals surface area contributed by atoms with Crippen LogP contribution in [0.4, 0.5) is 0 Å². The van der Waals surface area contributed by atoms with Crippen molar-refractivity contribution in [1.82, 2.24) is 19.7 Å². The molecule has 84 valence electrons. The summed E-state index contributed by atoms with van der Waals surface area (Å²) in [4.78, 5) is 7.65. The Bertz CT molecular complexity index is 568. The molecule has 0 amide bonds. The third-order valence-electron chi connectivity index (χ3n) is 2.57. The third kappa shape index (κ3) is 1.90. The fourth-order valence-electron chi connectivity index (χ4n) is 1.48. The standard InChI is InChI=1S/C11H14N4S/c1-4-15-6-9(5-12-15)10-11(16)14-8(3)7(2)13-10/h5-6H,4H2,1-3H3,(H,14,16). The first kappa shape index (κ1) is 11.0. The van der Waals surface area contributed by atoms with Crippen LogP contribution in [0.1, 0.15) is 18.3 Å². The van der Waals surface area contributed by atoms with Gasteiger partial charge in [-0.1, -0.05) is 12.2 Å². The van der Waals surface area contributed by atoms with Gasteiger partial charge in [-0.3, -0.25) is 4.68 Å². The van der Waals surface area contributed by atoms with E-state index in [1.807, 2.05) is 31.6 Å². The van der Waals surface area contributed by atoms with Crippen LogP contribution >= 0.6 is 12.2 Å². The van der Waals surface area contributed by atoms with E-state index in [4.69, 9.17) is 12.2 Å². The molecule has 0 fully saturated rings. The van der Waals surface area contributed by atoms with Crippen molar-refractivity contribution < 1.29 is 0 Å². The Morgan fingerprint density at radius 3 is 2.81 bits per heavy atom. The van der Waals surface area contributed by atoms with Gasteiger partial charge in [-0.2, -0.15) is 5.10 Å². The van der Waals surface area contributed by atoms with Crippen molar-refractivity contribution in [2.24, 2.45) is 0 Å². The maximum atomic E-state index is 5.27. The van der Waals surface area contributed by atoms with Crippen molar-refractivity contribution in [3.05, 3.63) is 28.4 Å². The molecule has 0 saturated heterocycles. The number of rotatable bonds is 2. The van der Waals surface area contributed by atoms with Crippen molar-refractivity contribution in [2.75, 3.05) is 0 Å². The topological polar surface area (TPSA) is 46.5 Å². The zero-order chi connectivity index (χ0) is 11.7. The number of H-pyrrole nitrogens is 1. The summed E-state index contributed by atoms with van der Waals surface area (Å²) in [5, 5.41) is 4.22. The predicted octanol–water partition coefficient (Wildman–Crippen LogP) is 2.64. The molecule has 0 aliphatic heterocycles. The highest BCUT2D eigenvalue weighted by Gasteiger charge is 2.07. The van der Waals surface area contributed by atoms with Gasteiger partial charge >= 0.3 is 0 Å². The maximum Gasteiger partial charge on any atom is 0.130 e. The number of nitrogens with zero attached hydrogens (tertiary/aromatic N) is 3. The fraction of sp³-hybridized carbons (Fsp3) is 0.364. The van der Waals surface area contributed by atoms with E-state index >= 15 is 0 Å². The van der Waals surface area contributed by atoms with Gasteiger partial charge in [0.1, 0.15) is 10.3 Å². The van der Waals surface area contributed by atoms with Crippen molar-refractivity contribution in [3.63, 3.8) is 0 Å². The molecule has 5 heteroatoms. The van der Waals surface area contributed by atoms with Gasteiger partial charge in [0.25, 0.3) is 0 Å². The molecule has 2 rings (SSSR count). The lowest BCUT2D eigenvalue weighted by atomic mass is 10.2. The van der Waals surface area contributed by atoms with Crippen molar-refractivity contribution in [1.29, 1.82) is 0 Å². The summed E-state index contributed by atoms with van der Waals surface area (Å²) in [6, 6.07) is 0. The van der Waals surface area contributed by atoms with Gasteiger partial charge in [-0.25, -0.2) is 4.98 Å². The molecular formula is C11H14N4S. The normalized spacial score (nSPS) is 10.7. The molecule has 0 aliphatic carbocycles. The molecule has 0 unspecified atom stereocenters. The van der Waals surface area contributed by atoms with E-state index in [0.717, 1.165) is 29.2 Å². The molecule has 0 saturated carbocycles. The van der Waals surface area contributed by atoms with E-state index in [0.29, 0.717) is 4.64 Å². The average molecular weight is 234 g/mol. The minimum absolute atomic E-state index is 0.666. The Kier molecular flexibility index (Phi) is 2.87. The van der Waals surface area contributed by atoms with E-state index in [2.05, 4.69) is 15.1 Å². The monoisotopic (exact) mass is 234 g/mol. The van der Waals surface area contributed by atoms with E-state index in [9.17, 15) is 0 Å². The lowest BCUT2D eigenvalue weighted by Gasteiger charge is -2.03. The molecule has 2 heterocycles. The van der Waals surface area contributed by atoms with E-state index in [-0.39, 0.29) is 0 Å². The van der Waals surface area contributed by atoms with Crippen LogP contribution in [0.2, 0.25) is 0 Å². The zero-order valence-electron chi connectivity index (χ0n) is 9.61. The highest BCUT2D eigenvalue weighted by molar-refractivity contribution is 7.71. The van der Waals surface area contributed by atoms with E-state index < -0.39 is 0 Å². The zero-order valence-corrected chi connectivity index (χ0v) is 10.4. The van der Waals surface area contributed by atoms with Gasteiger partial charge in [0, 0.05) is 24.0 Å². The Balaban J connectivity index is 2.55. The van der Waals surface area contributed by atoms with Crippen LogP contribution in [0.15, 0.2) is 12.4 Å². The molecule has 2 aromatic rings. The average Bonchev–Trinajstić information content (AvgIpc) is 2.71. The highest BCUT2D eigenvalue weighted by atomic mass is 32.1. The first-order chi connectivity index (χ1) is 7.61. The Morgan fingerprint density at radius 2 is 2.19 bits per heavy atom. The van der Waals surface area contributed by atoms with Gasteiger partial charge in [-0.15, -0.1) is 0 Å². The molecule has 0 spiro atoms. The maximum absolute atomic E-state index is 5.27. The summed E-state index contributed by atoms with van der Waals surface area (Å²) in [5.74, 6) is 0. The number of aromatic amines is 1. The smallest absolute Gasteiger partial charge is 0.130 e. The van der Waals surface area contributed by atoms with Gasteiger partial charge < -0.3 is 4.98 Å². The molecule has 0 radical (unpaired) electrons. The Hall–Kier alpha value is -1.49. The summed E-state index contributed by atoms with van der Waals surface area (Å²) in [6.45, 7) is 6.83. The predicted molar refractivity (Wildman–Crippen MR) is 65.8 cm³/mol. The molecule has 4 nitrogen and oxygen atoms in total. The van der Waals surface area contributed by atoms with Crippen LogP contribution in [0, 0.1) is 18.5 Å². The van der Waals surface area contributed by atoms with Crippen LogP contribution in [-0.2, 0) is 6.54 Å². The number of aromatic nitrogens is 4. The van der Waals surface area contributed by atoms with E-state index in [1.165, 1.54) is 0 Å². The number of hydrogen-bond acceptors (Lipinski definition) is 3. The Labute approximate surface area is 99.4 Å². The van der Waals surface area contributed by atoms with Gasteiger partial charge in [0.2, 0.25) is 0 Å². The molecule has 0 bridgehead atoms. The number of aryl methyl sites for hydroxylation is 3. The van der Waals surface area contributed by atoms with Crippen molar-refractivity contribution in [2.45, 2.75) is 27.3 Å². The van der Waals surface area contributed by atoms with Crippen LogP contribution in [0.25, 0.3) is 11.3 Å². The third-order valence-corrected chi connectivity index (χ3v) is 2.86. The SMILES string of the molecule is CCn1cc(-c2nc(C)c(C)[nH]c2=S)cn1. The largest absolute Gasteiger partial charge is 0.347 e. The van der Waals surface area contributed by atoms with Crippen LogP contribution in [0.3, 0.4) is 0 Å². The lowest BCUT2D eigenvalue weighted by Crippen LogP contribution is -1.96. The van der Waals surface area contributed by atoms with Crippen LogP contribution < -0.4 is 0 Å². The second kappa shape index (κ2) is 4.17. The van der Waals surface area contributed by atoms with Crippen molar-refractivity contribution >= 4 is 12.2 Å². The number of hydrogen-bond donors (Lipinski definition) is 1. The van der Waals surface area contributed by atoms with Crippen molar-refractivity contribution in [3.8, 4) is 11.3 Å². The summed E-state index contributed by atoms with van der Waals surface area (Å²) in [6.07, 6.45) is 3.75. The molecule has 2 aromatic heterocycles. The molecule has 0 aliphatic rings. The second-order valence-corrected chi connectivity index (χ2v) is 4.12. The summed E-state index contributed by atoms with van der Waals surface area (Å²) >= 11 is 5.27. The highest BCUT2D eigenvalue weighted by Crippen LogP contribution is 2.18. The molecule has 1 N–H and O–H groups in total. The molecular weight excluding hydrogens is 220 g/mol.